The number of nitrogens with zero attached hydrogens (tertiary/aromatic N) is 3. The highest BCUT2D eigenvalue weighted by atomic mass is 32.1. The van der Waals surface area contributed by atoms with E-state index >= 15 is 0 Å². The third-order valence-electron chi connectivity index (χ3n) is 3.83. The zero-order chi connectivity index (χ0) is 17.5. The highest BCUT2D eigenvalue weighted by Crippen LogP contribution is 2.23. The van der Waals surface area contributed by atoms with Crippen LogP contribution in [-0.4, -0.2) is 66.4 Å². The number of ether oxygens (including phenoxy) is 2. The molecule has 8 nitrogen and oxygen atoms in total. The van der Waals surface area contributed by atoms with Crippen LogP contribution in [0.5, 0.6) is 0 Å². The van der Waals surface area contributed by atoms with Gasteiger partial charge in [-0.05, 0) is 13.8 Å². The Labute approximate surface area is 145 Å². The van der Waals surface area contributed by atoms with E-state index in [-0.39, 0.29) is 30.2 Å². The van der Waals surface area contributed by atoms with Gasteiger partial charge in [0.25, 0.3) is 0 Å². The number of amides is 2. The molecule has 1 aromatic rings. The number of nitrogens with one attached hydrogen (secondary N) is 1. The van der Waals surface area contributed by atoms with E-state index in [2.05, 4.69) is 15.5 Å². The molecule has 2 rings (SSSR count). The predicted octanol–water partition coefficient (Wildman–Crippen LogP) is 0.939. The number of rotatable bonds is 9. The Hall–Kier alpha value is -1.58. The lowest BCUT2D eigenvalue weighted by atomic mass is 10.1. The monoisotopic (exact) mass is 356 g/mol. The highest BCUT2D eigenvalue weighted by molar-refractivity contribution is 7.15. The number of hydrogen-bond donors (Lipinski definition) is 1. The average molecular weight is 356 g/mol. The van der Waals surface area contributed by atoms with Gasteiger partial charge >= 0.3 is 0 Å². The second-order valence-electron chi connectivity index (χ2n) is 5.69. The van der Waals surface area contributed by atoms with Gasteiger partial charge in [0.1, 0.15) is 5.01 Å². The number of anilines is 1. The van der Waals surface area contributed by atoms with Crippen LogP contribution >= 0.6 is 11.3 Å². The minimum atomic E-state index is -0.368. The maximum Gasteiger partial charge on any atom is 0.231 e. The smallest absolute Gasteiger partial charge is 0.231 e. The fourth-order valence-corrected chi connectivity index (χ4v) is 3.30. The van der Waals surface area contributed by atoms with Gasteiger partial charge < -0.3 is 19.7 Å². The van der Waals surface area contributed by atoms with Crippen molar-refractivity contribution in [3.63, 3.8) is 0 Å². The molecule has 1 aliphatic rings. The Bertz CT molecular complexity index is 565. The van der Waals surface area contributed by atoms with Crippen LogP contribution in [0.3, 0.4) is 0 Å². The lowest BCUT2D eigenvalue weighted by Gasteiger charge is -2.23. The molecule has 2 heterocycles. The molecule has 2 amide bonds. The molecule has 0 saturated carbocycles. The lowest BCUT2D eigenvalue weighted by Crippen LogP contribution is -2.38. The third kappa shape index (κ3) is 4.96. The second kappa shape index (κ2) is 9.05. The summed E-state index contributed by atoms with van der Waals surface area (Å²) in [5.41, 5.74) is 0. The van der Waals surface area contributed by atoms with Gasteiger partial charge in [-0.15, -0.1) is 10.2 Å². The summed E-state index contributed by atoms with van der Waals surface area (Å²) in [5.74, 6) is -0.579. The maximum atomic E-state index is 12.3. The van der Waals surface area contributed by atoms with Crippen molar-refractivity contribution in [2.75, 3.05) is 38.8 Å². The topological polar surface area (TPSA) is 93.7 Å². The van der Waals surface area contributed by atoms with Gasteiger partial charge in [-0.25, -0.2) is 0 Å². The number of methoxy groups -OCH3 is 1. The molecular weight excluding hydrogens is 332 g/mol. The number of likely N-dealkylation sites (tertiary alicyclic amines) is 1. The van der Waals surface area contributed by atoms with Gasteiger partial charge in [-0.2, -0.15) is 0 Å². The first-order valence-electron chi connectivity index (χ1n) is 8.04. The molecule has 9 heteroatoms. The maximum absolute atomic E-state index is 12.3. The third-order valence-corrected chi connectivity index (χ3v) is 4.73. The first-order valence-corrected chi connectivity index (χ1v) is 8.86. The van der Waals surface area contributed by atoms with E-state index in [1.807, 2.05) is 13.8 Å². The molecule has 1 fully saturated rings. The summed E-state index contributed by atoms with van der Waals surface area (Å²) in [7, 11) is 1.60. The summed E-state index contributed by atoms with van der Waals surface area (Å²) < 4.78 is 10.4. The van der Waals surface area contributed by atoms with E-state index in [9.17, 15) is 9.59 Å². The predicted molar refractivity (Wildman–Crippen MR) is 89.9 cm³/mol. The lowest BCUT2D eigenvalue weighted by molar-refractivity contribution is -0.130. The van der Waals surface area contributed by atoms with Crippen molar-refractivity contribution in [3.8, 4) is 0 Å². The van der Waals surface area contributed by atoms with Crippen molar-refractivity contribution in [2.24, 2.45) is 5.92 Å². The molecule has 0 aliphatic carbocycles. The molecule has 0 bridgehead atoms. The fourth-order valence-electron chi connectivity index (χ4n) is 2.58. The molecule has 1 aromatic heterocycles. The van der Waals surface area contributed by atoms with Crippen molar-refractivity contribution in [1.82, 2.24) is 15.1 Å². The Balaban J connectivity index is 1.85. The largest absolute Gasteiger partial charge is 0.383 e. The quantitative estimate of drug-likeness (QED) is 0.662. The minimum absolute atomic E-state index is 0.0191. The first-order chi connectivity index (χ1) is 11.5. The van der Waals surface area contributed by atoms with E-state index < -0.39 is 0 Å². The molecule has 0 spiro atoms. The van der Waals surface area contributed by atoms with E-state index in [1.165, 1.54) is 11.3 Å². The fraction of sp³-hybridized carbons (Fsp3) is 0.733. The normalized spacial score (nSPS) is 18.9. The zero-order valence-electron chi connectivity index (χ0n) is 14.3. The highest BCUT2D eigenvalue weighted by Gasteiger charge is 2.36. The Morgan fingerprint density at radius 3 is 3.00 bits per heavy atom. The van der Waals surface area contributed by atoms with Crippen LogP contribution in [0.4, 0.5) is 5.13 Å². The second-order valence-corrected chi connectivity index (χ2v) is 6.75. The number of hydrogen-bond acceptors (Lipinski definition) is 7. The molecule has 1 aliphatic heterocycles. The molecule has 24 heavy (non-hydrogen) atoms. The summed E-state index contributed by atoms with van der Waals surface area (Å²) in [6.07, 6.45) is 0.890. The molecule has 1 saturated heterocycles. The van der Waals surface area contributed by atoms with Gasteiger partial charge in [0.05, 0.1) is 25.2 Å². The summed E-state index contributed by atoms with van der Waals surface area (Å²) in [5, 5.41) is 12.0. The zero-order valence-corrected chi connectivity index (χ0v) is 15.1. The number of aromatic nitrogens is 2. The van der Waals surface area contributed by atoms with Crippen molar-refractivity contribution < 1.29 is 19.1 Å². The van der Waals surface area contributed by atoms with Crippen LogP contribution < -0.4 is 5.32 Å². The summed E-state index contributed by atoms with van der Waals surface area (Å²) in [6, 6.07) is -0.0352. The Morgan fingerprint density at radius 1 is 1.50 bits per heavy atom. The van der Waals surface area contributed by atoms with Gasteiger partial charge in [-0.3, -0.25) is 9.59 Å². The van der Waals surface area contributed by atoms with Gasteiger partial charge in [0, 0.05) is 33.1 Å². The molecule has 0 aromatic carbocycles. The number of carbonyl (C=O) groups excluding carboxylic acids is 2. The molecular formula is C15H24N4O4S. The molecule has 0 radical (unpaired) electrons. The van der Waals surface area contributed by atoms with Crippen LogP contribution in [0.1, 0.15) is 25.3 Å². The van der Waals surface area contributed by atoms with Crippen LogP contribution in [0, 0.1) is 5.92 Å². The van der Waals surface area contributed by atoms with Crippen molar-refractivity contribution in [3.05, 3.63) is 5.01 Å². The van der Waals surface area contributed by atoms with E-state index in [0.29, 0.717) is 37.9 Å². The average Bonchev–Trinajstić information content (AvgIpc) is 3.14. The standard InChI is InChI=1S/C15H24N4O4S/c1-4-23-6-5-12-17-18-15(24-12)16-14(21)11-7-13(20)19(8-11)10(2)9-22-3/h10-11H,4-9H2,1-3H3,(H,16,18,21)/t10-,11+/m0/s1. The van der Waals surface area contributed by atoms with Gasteiger partial charge in [0.2, 0.25) is 16.9 Å². The molecule has 2 atom stereocenters. The van der Waals surface area contributed by atoms with Gasteiger partial charge in [0.15, 0.2) is 0 Å². The molecule has 134 valence electrons. The van der Waals surface area contributed by atoms with Crippen LogP contribution in [-0.2, 0) is 25.5 Å². The van der Waals surface area contributed by atoms with Crippen molar-refractivity contribution >= 4 is 28.3 Å². The minimum Gasteiger partial charge on any atom is -0.383 e. The number of carbonyl (C=O) groups is 2. The van der Waals surface area contributed by atoms with Crippen LogP contribution in [0.2, 0.25) is 0 Å². The van der Waals surface area contributed by atoms with E-state index in [0.717, 1.165) is 5.01 Å². The Morgan fingerprint density at radius 2 is 2.29 bits per heavy atom. The first kappa shape index (κ1) is 18.8. The van der Waals surface area contributed by atoms with E-state index in [1.54, 1.807) is 12.0 Å². The summed E-state index contributed by atoms with van der Waals surface area (Å²) in [4.78, 5) is 26.1. The van der Waals surface area contributed by atoms with Crippen LogP contribution in [0.25, 0.3) is 0 Å². The van der Waals surface area contributed by atoms with Crippen molar-refractivity contribution in [1.29, 1.82) is 0 Å². The molecule has 1 N–H and O–H groups in total. The SMILES string of the molecule is CCOCCc1nnc(NC(=O)[C@@H]2CC(=O)N([C@@H](C)COC)C2)s1. The van der Waals surface area contributed by atoms with Crippen LogP contribution in [0.15, 0.2) is 0 Å². The summed E-state index contributed by atoms with van der Waals surface area (Å²) in [6.45, 7) is 5.96. The van der Waals surface area contributed by atoms with Crippen molar-refractivity contribution in [2.45, 2.75) is 32.7 Å². The van der Waals surface area contributed by atoms with Gasteiger partial charge in [-0.1, -0.05) is 11.3 Å². The Kier molecular flexibility index (Phi) is 7.07. The van der Waals surface area contributed by atoms with E-state index in [4.69, 9.17) is 9.47 Å². The summed E-state index contributed by atoms with van der Waals surface area (Å²) >= 11 is 1.33. The molecule has 0 unspecified atom stereocenters.